The maximum Gasteiger partial charge on any atom is 0.273 e. The maximum absolute atomic E-state index is 12.1. The lowest BCUT2D eigenvalue weighted by Crippen LogP contribution is -2.15. The summed E-state index contributed by atoms with van der Waals surface area (Å²) < 4.78 is 3.64. The molecule has 0 saturated carbocycles. The van der Waals surface area contributed by atoms with Gasteiger partial charge in [0.2, 0.25) is 0 Å². The van der Waals surface area contributed by atoms with E-state index in [1.165, 1.54) is 0 Å². The molecule has 0 radical (unpaired) electrons. The number of hydrogen-bond acceptors (Lipinski definition) is 5. The van der Waals surface area contributed by atoms with Gasteiger partial charge in [0.15, 0.2) is 4.34 Å². The van der Waals surface area contributed by atoms with E-state index in [1.807, 2.05) is 24.5 Å². The van der Waals surface area contributed by atoms with Gasteiger partial charge in [-0.15, -0.1) is 11.3 Å². The van der Waals surface area contributed by atoms with Crippen molar-refractivity contribution in [1.29, 1.82) is 0 Å². The zero-order valence-electron chi connectivity index (χ0n) is 11.0. The average Bonchev–Trinajstić information content (AvgIpc) is 3.03. The zero-order valence-corrected chi connectivity index (χ0v) is 12.6. The normalized spacial score (nSPS) is 10.9. The first kappa shape index (κ1) is 13.1. The standard InChI is InChI=1S/C13H12N4OS2/c1-17-10(5-6-14-17)12(18)15-8-3-4-9-11(7-8)20-13(16-9)19-2/h3-7H,1-2H3,(H,15,18). The second-order valence-corrected chi connectivity index (χ2v) is 6.24. The Kier molecular flexibility index (Phi) is 3.45. The zero-order chi connectivity index (χ0) is 14.1. The molecule has 0 spiro atoms. The predicted octanol–water partition coefficient (Wildman–Crippen LogP) is 3.00. The smallest absolute Gasteiger partial charge is 0.273 e. The molecule has 3 rings (SSSR count). The van der Waals surface area contributed by atoms with Gasteiger partial charge in [0.1, 0.15) is 5.69 Å². The number of amides is 1. The molecular weight excluding hydrogens is 292 g/mol. The number of nitrogens with zero attached hydrogens (tertiary/aromatic N) is 3. The highest BCUT2D eigenvalue weighted by Crippen LogP contribution is 2.30. The van der Waals surface area contributed by atoms with Crippen LogP contribution in [0.1, 0.15) is 10.5 Å². The van der Waals surface area contributed by atoms with Crippen molar-refractivity contribution in [3.63, 3.8) is 0 Å². The van der Waals surface area contributed by atoms with Crippen LogP contribution < -0.4 is 5.32 Å². The molecule has 0 aliphatic heterocycles. The third kappa shape index (κ3) is 2.41. The van der Waals surface area contributed by atoms with E-state index in [0.717, 1.165) is 20.2 Å². The van der Waals surface area contributed by atoms with E-state index in [-0.39, 0.29) is 5.91 Å². The maximum atomic E-state index is 12.1. The lowest BCUT2D eigenvalue weighted by atomic mass is 10.3. The minimum absolute atomic E-state index is 0.168. The predicted molar refractivity (Wildman–Crippen MR) is 82.6 cm³/mol. The Balaban J connectivity index is 1.87. The average molecular weight is 304 g/mol. The second kappa shape index (κ2) is 5.26. The lowest BCUT2D eigenvalue weighted by molar-refractivity contribution is 0.101. The number of thioether (sulfide) groups is 1. The molecule has 5 nitrogen and oxygen atoms in total. The number of aromatic nitrogens is 3. The summed E-state index contributed by atoms with van der Waals surface area (Å²) >= 11 is 3.24. The molecule has 1 aromatic carbocycles. The number of rotatable bonds is 3. The van der Waals surface area contributed by atoms with Gasteiger partial charge in [0, 0.05) is 18.9 Å². The Bertz CT molecular complexity index is 778. The summed E-state index contributed by atoms with van der Waals surface area (Å²) in [6.45, 7) is 0. The molecule has 2 aromatic heterocycles. The summed E-state index contributed by atoms with van der Waals surface area (Å²) in [5.41, 5.74) is 2.25. The van der Waals surface area contributed by atoms with Crippen LogP contribution in [-0.4, -0.2) is 26.9 Å². The van der Waals surface area contributed by atoms with Crippen LogP contribution in [0.4, 0.5) is 5.69 Å². The number of anilines is 1. The van der Waals surface area contributed by atoms with E-state index >= 15 is 0 Å². The molecular formula is C13H12N4OS2. The Morgan fingerprint density at radius 3 is 2.95 bits per heavy atom. The minimum Gasteiger partial charge on any atom is -0.321 e. The number of carbonyl (C=O) groups is 1. The fraction of sp³-hybridized carbons (Fsp3) is 0.154. The van der Waals surface area contributed by atoms with Gasteiger partial charge in [0.05, 0.1) is 10.2 Å². The van der Waals surface area contributed by atoms with Gasteiger partial charge in [0.25, 0.3) is 5.91 Å². The van der Waals surface area contributed by atoms with Gasteiger partial charge in [-0.2, -0.15) is 5.10 Å². The molecule has 1 N–H and O–H groups in total. The molecule has 0 unspecified atom stereocenters. The molecule has 20 heavy (non-hydrogen) atoms. The van der Waals surface area contributed by atoms with E-state index in [0.29, 0.717) is 5.69 Å². The van der Waals surface area contributed by atoms with Crippen LogP contribution in [0.25, 0.3) is 10.2 Å². The van der Waals surface area contributed by atoms with Gasteiger partial charge >= 0.3 is 0 Å². The highest BCUT2D eigenvalue weighted by Gasteiger charge is 2.11. The van der Waals surface area contributed by atoms with Crippen LogP contribution in [0.2, 0.25) is 0 Å². The number of hydrogen-bond donors (Lipinski definition) is 1. The SMILES string of the molecule is CSc1nc2ccc(NC(=O)c3ccnn3C)cc2s1. The van der Waals surface area contributed by atoms with Gasteiger partial charge < -0.3 is 5.32 Å². The van der Waals surface area contributed by atoms with Crippen LogP contribution >= 0.6 is 23.1 Å². The lowest BCUT2D eigenvalue weighted by Gasteiger charge is -2.05. The number of fused-ring (bicyclic) bond motifs is 1. The Morgan fingerprint density at radius 2 is 2.25 bits per heavy atom. The molecule has 0 bridgehead atoms. The second-order valence-electron chi connectivity index (χ2n) is 4.16. The van der Waals surface area contributed by atoms with E-state index in [9.17, 15) is 4.79 Å². The molecule has 0 atom stereocenters. The van der Waals surface area contributed by atoms with Gasteiger partial charge in [-0.25, -0.2) is 4.98 Å². The number of nitrogens with one attached hydrogen (secondary N) is 1. The highest BCUT2D eigenvalue weighted by molar-refractivity contribution is 8.00. The van der Waals surface area contributed by atoms with Crippen LogP contribution in [0, 0.1) is 0 Å². The molecule has 1 amide bonds. The van der Waals surface area contributed by atoms with Crippen molar-refractivity contribution in [2.75, 3.05) is 11.6 Å². The molecule has 0 aliphatic rings. The van der Waals surface area contributed by atoms with E-state index < -0.39 is 0 Å². The number of carbonyl (C=O) groups excluding carboxylic acids is 1. The Morgan fingerprint density at radius 1 is 1.40 bits per heavy atom. The first-order valence-electron chi connectivity index (χ1n) is 5.91. The van der Waals surface area contributed by atoms with Crippen molar-refractivity contribution < 1.29 is 4.79 Å². The molecule has 3 aromatic rings. The molecule has 0 fully saturated rings. The van der Waals surface area contributed by atoms with Crippen LogP contribution in [0.5, 0.6) is 0 Å². The summed E-state index contributed by atoms with van der Waals surface area (Å²) in [5.74, 6) is -0.168. The summed E-state index contributed by atoms with van der Waals surface area (Å²) in [4.78, 5) is 16.6. The third-order valence-corrected chi connectivity index (χ3v) is 4.86. The Labute approximate surface area is 124 Å². The number of benzene rings is 1. The number of thiazole rings is 1. The topological polar surface area (TPSA) is 59.8 Å². The van der Waals surface area contributed by atoms with Crippen molar-refractivity contribution in [3.8, 4) is 0 Å². The van der Waals surface area contributed by atoms with Crippen LogP contribution in [0.15, 0.2) is 34.8 Å². The third-order valence-electron chi connectivity index (χ3n) is 2.85. The quantitative estimate of drug-likeness (QED) is 0.756. The minimum atomic E-state index is -0.168. The van der Waals surface area contributed by atoms with Crippen LogP contribution in [0.3, 0.4) is 0 Å². The Hall–Kier alpha value is -1.86. The van der Waals surface area contributed by atoms with Gasteiger partial charge in [-0.05, 0) is 30.5 Å². The summed E-state index contributed by atoms with van der Waals surface area (Å²) in [6.07, 6.45) is 3.61. The molecule has 0 aliphatic carbocycles. The highest BCUT2D eigenvalue weighted by atomic mass is 32.2. The van der Waals surface area contributed by atoms with Crippen molar-refractivity contribution in [1.82, 2.24) is 14.8 Å². The first-order chi connectivity index (χ1) is 9.67. The van der Waals surface area contributed by atoms with Crippen molar-refractivity contribution in [2.45, 2.75) is 4.34 Å². The molecule has 0 saturated heterocycles. The van der Waals surface area contributed by atoms with Crippen molar-refractivity contribution in [3.05, 3.63) is 36.2 Å². The van der Waals surface area contributed by atoms with E-state index in [1.54, 1.807) is 47.1 Å². The summed E-state index contributed by atoms with van der Waals surface area (Å²) in [7, 11) is 1.74. The first-order valence-corrected chi connectivity index (χ1v) is 7.95. The largest absolute Gasteiger partial charge is 0.321 e. The summed E-state index contributed by atoms with van der Waals surface area (Å²) in [6, 6.07) is 7.41. The van der Waals surface area contributed by atoms with Crippen LogP contribution in [-0.2, 0) is 7.05 Å². The van der Waals surface area contributed by atoms with Crippen molar-refractivity contribution in [2.24, 2.45) is 7.05 Å². The fourth-order valence-corrected chi connectivity index (χ4v) is 3.39. The van der Waals surface area contributed by atoms with Gasteiger partial charge in [-0.3, -0.25) is 9.48 Å². The van der Waals surface area contributed by atoms with E-state index in [4.69, 9.17) is 0 Å². The summed E-state index contributed by atoms with van der Waals surface area (Å²) in [5, 5.41) is 6.87. The van der Waals surface area contributed by atoms with E-state index in [2.05, 4.69) is 15.4 Å². The monoisotopic (exact) mass is 304 g/mol. The van der Waals surface area contributed by atoms with Crippen molar-refractivity contribution >= 4 is 44.9 Å². The van der Waals surface area contributed by atoms with Gasteiger partial charge in [-0.1, -0.05) is 11.8 Å². The molecule has 2 heterocycles. The number of aryl methyl sites for hydroxylation is 1. The molecule has 102 valence electrons. The fourth-order valence-electron chi connectivity index (χ4n) is 1.86. The molecule has 7 heteroatoms.